The van der Waals surface area contributed by atoms with Crippen LogP contribution in [0.1, 0.15) is 5.56 Å². The molecule has 2 rings (SSSR count). The van der Waals surface area contributed by atoms with Gasteiger partial charge in [-0.3, -0.25) is 4.68 Å². The van der Waals surface area contributed by atoms with Gasteiger partial charge >= 0.3 is 0 Å². The molecule has 0 aliphatic rings. The van der Waals surface area contributed by atoms with Crippen molar-refractivity contribution in [2.45, 2.75) is 6.54 Å². The molecule has 0 atom stereocenters. The summed E-state index contributed by atoms with van der Waals surface area (Å²) in [4.78, 5) is 0. The van der Waals surface area contributed by atoms with Crippen LogP contribution in [-0.4, -0.2) is 30.0 Å². The zero-order valence-electron chi connectivity index (χ0n) is 10.1. The van der Waals surface area contributed by atoms with E-state index in [1.807, 2.05) is 24.0 Å². The number of aromatic nitrogens is 2. The van der Waals surface area contributed by atoms with Crippen molar-refractivity contribution in [1.29, 1.82) is 0 Å². The molecule has 92 valence electrons. The van der Waals surface area contributed by atoms with E-state index in [9.17, 15) is 0 Å². The molecule has 0 amide bonds. The van der Waals surface area contributed by atoms with Gasteiger partial charge in [-0.25, -0.2) is 0 Å². The normalized spacial score (nSPS) is 10.9. The maximum Gasteiger partial charge on any atom is 0.1000 e. The molecule has 0 radical (unpaired) electrons. The molecule has 0 fully saturated rings. The Hall–Kier alpha value is -1.59. The van der Waals surface area contributed by atoms with Crippen LogP contribution in [-0.2, 0) is 18.3 Å². The van der Waals surface area contributed by atoms with Gasteiger partial charge in [0.2, 0.25) is 0 Å². The summed E-state index contributed by atoms with van der Waals surface area (Å²) in [5.41, 5.74) is 3.13. The van der Waals surface area contributed by atoms with Crippen LogP contribution < -0.4 is 5.32 Å². The fourth-order valence-electron chi connectivity index (χ4n) is 1.71. The topological polar surface area (TPSA) is 52.2 Å². The second-order valence-electron chi connectivity index (χ2n) is 3.86. The first-order valence-electron chi connectivity index (χ1n) is 5.56. The molecule has 0 aromatic carbocycles. The Morgan fingerprint density at radius 2 is 2.41 bits per heavy atom. The average Bonchev–Trinajstić information content (AvgIpc) is 2.93. The van der Waals surface area contributed by atoms with Crippen LogP contribution in [0.3, 0.4) is 0 Å². The molecule has 0 aliphatic carbocycles. The number of rotatable bonds is 6. The van der Waals surface area contributed by atoms with Gasteiger partial charge in [-0.15, -0.1) is 0 Å². The van der Waals surface area contributed by atoms with Gasteiger partial charge in [0.15, 0.2) is 0 Å². The van der Waals surface area contributed by atoms with Crippen molar-refractivity contribution in [3.63, 3.8) is 0 Å². The van der Waals surface area contributed by atoms with Crippen LogP contribution >= 0.6 is 0 Å². The third kappa shape index (κ3) is 2.95. The Balaban J connectivity index is 2.06. The molecular formula is C12H17N3O2. The zero-order chi connectivity index (χ0) is 12.1. The summed E-state index contributed by atoms with van der Waals surface area (Å²) in [5, 5.41) is 7.75. The van der Waals surface area contributed by atoms with Crippen molar-refractivity contribution < 1.29 is 9.15 Å². The highest BCUT2D eigenvalue weighted by Gasteiger charge is 2.10. The average molecular weight is 235 g/mol. The molecule has 2 aromatic heterocycles. The van der Waals surface area contributed by atoms with Crippen LogP contribution in [0.25, 0.3) is 11.3 Å². The van der Waals surface area contributed by atoms with Crippen LogP contribution in [0, 0.1) is 0 Å². The summed E-state index contributed by atoms with van der Waals surface area (Å²) in [6.07, 6.45) is 5.38. The predicted octanol–water partition coefficient (Wildman–Crippen LogP) is 1.42. The van der Waals surface area contributed by atoms with Crippen LogP contribution in [0.5, 0.6) is 0 Å². The molecule has 5 nitrogen and oxygen atoms in total. The van der Waals surface area contributed by atoms with Crippen molar-refractivity contribution in [2.24, 2.45) is 7.05 Å². The van der Waals surface area contributed by atoms with E-state index in [1.165, 1.54) is 0 Å². The minimum Gasteiger partial charge on any atom is -0.472 e. The minimum atomic E-state index is 0.710. The Morgan fingerprint density at radius 3 is 3.12 bits per heavy atom. The Morgan fingerprint density at radius 1 is 1.53 bits per heavy atom. The van der Waals surface area contributed by atoms with E-state index < -0.39 is 0 Å². The molecule has 0 aliphatic heterocycles. The van der Waals surface area contributed by atoms with Crippen molar-refractivity contribution >= 4 is 0 Å². The number of nitrogens with zero attached hydrogens (tertiary/aromatic N) is 2. The van der Waals surface area contributed by atoms with E-state index >= 15 is 0 Å². The predicted molar refractivity (Wildman–Crippen MR) is 64.5 cm³/mol. The monoisotopic (exact) mass is 235 g/mol. The fraction of sp³-hybridized carbons (Fsp3) is 0.417. The summed E-state index contributed by atoms with van der Waals surface area (Å²) >= 11 is 0. The molecular weight excluding hydrogens is 218 g/mol. The van der Waals surface area contributed by atoms with Crippen LogP contribution in [0.4, 0.5) is 0 Å². The third-order valence-corrected chi connectivity index (χ3v) is 2.50. The number of nitrogens with one attached hydrogen (secondary N) is 1. The number of furan rings is 1. The van der Waals surface area contributed by atoms with Crippen molar-refractivity contribution in [3.8, 4) is 11.3 Å². The smallest absolute Gasteiger partial charge is 0.1000 e. The first kappa shape index (κ1) is 11.9. The summed E-state index contributed by atoms with van der Waals surface area (Å²) in [7, 11) is 3.62. The molecule has 0 saturated carbocycles. The molecule has 0 saturated heterocycles. The highest BCUT2D eigenvalue weighted by molar-refractivity contribution is 5.61. The van der Waals surface area contributed by atoms with Crippen LogP contribution in [0.2, 0.25) is 0 Å². The van der Waals surface area contributed by atoms with Gasteiger partial charge < -0.3 is 14.5 Å². The van der Waals surface area contributed by atoms with Gasteiger partial charge in [-0.05, 0) is 6.07 Å². The molecule has 2 heterocycles. The summed E-state index contributed by atoms with van der Waals surface area (Å²) in [6, 6.07) is 1.92. The number of ether oxygens (including phenoxy) is 1. The second-order valence-corrected chi connectivity index (χ2v) is 3.86. The third-order valence-electron chi connectivity index (χ3n) is 2.50. The summed E-state index contributed by atoms with van der Waals surface area (Å²) in [5.74, 6) is 0. The molecule has 5 heteroatoms. The molecule has 1 N–H and O–H groups in total. The zero-order valence-corrected chi connectivity index (χ0v) is 10.1. The maximum atomic E-state index is 5.09. The number of hydrogen-bond acceptors (Lipinski definition) is 4. The lowest BCUT2D eigenvalue weighted by Gasteiger charge is -2.03. The Labute approximate surface area is 100 Å². The van der Waals surface area contributed by atoms with Crippen LogP contribution in [0.15, 0.2) is 29.2 Å². The van der Waals surface area contributed by atoms with Crippen molar-refractivity contribution in [2.75, 3.05) is 20.3 Å². The van der Waals surface area contributed by atoms with Gasteiger partial charge in [-0.1, -0.05) is 0 Å². The first-order chi connectivity index (χ1) is 8.31. The largest absolute Gasteiger partial charge is 0.472 e. The molecule has 0 spiro atoms. The number of aryl methyl sites for hydroxylation is 1. The minimum absolute atomic E-state index is 0.710. The maximum absolute atomic E-state index is 5.09. The SMILES string of the molecule is COCCNCc1cn(C)nc1-c1ccoc1. The van der Waals surface area contributed by atoms with Crippen molar-refractivity contribution in [1.82, 2.24) is 15.1 Å². The Kier molecular flexibility index (Phi) is 3.95. The fourth-order valence-corrected chi connectivity index (χ4v) is 1.71. The van der Waals surface area contributed by atoms with E-state index in [1.54, 1.807) is 19.6 Å². The van der Waals surface area contributed by atoms with Gasteiger partial charge in [0.05, 0.1) is 24.8 Å². The van der Waals surface area contributed by atoms with Gasteiger partial charge in [0, 0.05) is 44.6 Å². The van der Waals surface area contributed by atoms with E-state index in [0.717, 1.165) is 29.9 Å². The first-order valence-corrected chi connectivity index (χ1v) is 5.56. The Bertz CT molecular complexity index is 448. The lowest BCUT2D eigenvalue weighted by molar-refractivity contribution is 0.199. The molecule has 17 heavy (non-hydrogen) atoms. The number of methoxy groups -OCH3 is 1. The highest BCUT2D eigenvalue weighted by Crippen LogP contribution is 2.21. The van der Waals surface area contributed by atoms with Gasteiger partial charge in [0.25, 0.3) is 0 Å². The highest BCUT2D eigenvalue weighted by atomic mass is 16.5. The lowest BCUT2D eigenvalue weighted by Crippen LogP contribution is -2.18. The summed E-state index contributed by atoms with van der Waals surface area (Å²) in [6.45, 7) is 2.31. The van der Waals surface area contributed by atoms with E-state index in [-0.39, 0.29) is 0 Å². The second kappa shape index (κ2) is 5.65. The standard InChI is InChI=1S/C12H17N3O2/c1-15-8-11(7-13-4-6-16-2)12(14-15)10-3-5-17-9-10/h3,5,8-9,13H,4,6-7H2,1-2H3. The molecule has 0 unspecified atom stereocenters. The van der Waals surface area contributed by atoms with E-state index in [4.69, 9.17) is 9.15 Å². The van der Waals surface area contributed by atoms with Gasteiger partial charge in [-0.2, -0.15) is 5.10 Å². The quantitative estimate of drug-likeness (QED) is 0.769. The lowest BCUT2D eigenvalue weighted by atomic mass is 10.1. The van der Waals surface area contributed by atoms with Crippen molar-refractivity contribution in [3.05, 3.63) is 30.4 Å². The van der Waals surface area contributed by atoms with E-state index in [2.05, 4.69) is 10.4 Å². The number of hydrogen-bond donors (Lipinski definition) is 1. The molecule has 2 aromatic rings. The van der Waals surface area contributed by atoms with E-state index in [0.29, 0.717) is 6.61 Å². The van der Waals surface area contributed by atoms with Gasteiger partial charge in [0.1, 0.15) is 0 Å². The summed E-state index contributed by atoms with van der Waals surface area (Å²) < 4.78 is 11.9. The molecule has 0 bridgehead atoms.